The summed E-state index contributed by atoms with van der Waals surface area (Å²) < 4.78 is 0. The first kappa shape index (κ1) is 13.7. The molecule has 2 rings (SSSR count). The van der Waals surface area contributed by atoms with Gasteiger partial charge < -0.3 is 20.6 Å². The van der Waals surface area contributed by atoms with E-state index in [2.05, 4.69) is 21.7 Å². The number of hydrogen-bond donors (Lipinski definition) is 2. The zero-order valence-electron chi connectivity index (χ0n) is 11.8. The van der Waals surface area contributed by atoms with E-state index in [1.807, 2.05) is 26.2 Å². The molecule has 19 heavy (non-hydrogen) atoms. The van der Waals surface area contributed by atoms with Crippen molar-refractivity contribution >= 4 is 5.96 Å². The molecule has 0 bridgehead atoms. The summed E-state index contributed by atoms with van der Waals surface area (Å²) in [6.07, 6.45) is 0. The second-order valence-corrected chi connectivity index (χ2v) is 5.45. The van der Waals surface area contributed by atoms with Gasteiger partial charge in [-0.25, -0.2) is 0 Å². The Bertz CT molecular complexity index is 486. The first-order valence-electron chi connectivity index (χ1n) is 6.45. The van der Waals surface area contributed by atoms with Gasteiger partial charge in [-0.05, 0) is 38.7 Å². The number of hydrogen-bond acceptors (Lipinski definition) is 5. The minimum atomic E-state index is -0.279. The van der Waals surface area contributed by atoms with Crippen LogP contribution in [0.1, 0.15) is 12.5 Å². The van der Waals surface area contributed by atoms with Crippen LogP contribution in [0.3, 0.4) is 0 Å². The molecule has 1 atom stereocenters. The zero-order chi connectivity index (χ0) is 14.0. The van der Waals surface area contributed by atoms with Gasteiger partial charge in [0.05, 0.1) is 12.1 Å². The van der Waals surface area contributed by atoms with Gasteiger partial charge in [0.25, 0.3) is 0 Å². The standard InChI is InChI=1S/C14H22N4O/c1-14(11-5-4-6-12(19)9-11)10-16-13(15)18(14)8-7-17(2)3/h4-6,9,19H,7-8,10H2,1-3H3,(H2,15,16). The van der Waals surface area contributed by atoms with Gasteiger partial charge in [-0.3, -0.25) is 4.99 Å². The smallest absolute Gasteiger partial charge is 0.192 e. The Labute approximate surface area is 114 Å². The van der Waals surface area contributed by atoms with Gasteiger partial charge in [0.1, 0.15) is 5.75 Å². The summed E-state index contributed by atoms with van der Waals surface area (Å²) in [7, 11) is 4.07. The number of nitrogens with two attached hydrogens (primary N) is 1. The maximum atomic E-state index is 9.66. The summed E-state index contributed by atoms with van der Waals surface area (Å²) in [5.74, 6) is 0.851. The molecule has 0 saturated heterocycles. The van der Waals surface area contributed by atoms with Crippen LogP contribution in [0.5, 0.6) is 5.75 Å². The second-order valence-electron chi connectivity index (χ2n) is 5.45. The van der Waals surface area contributed by atoms with Crippen LogP contribution in [0.4, 0.5) is 0 Å². The molecule has 5 nitrogen and oxygen atoms in total. The summed E-state index contributed by atoms with van der Waals surface area (Å²) in [5, 5.41) is 9.66. The third-order valence-corrected chi connectivity index (χ3v) is 3.66. The van der Waals surface area contributed by atoms with Crippen molar-refractivity contribution in [1.29, 1.82) is 0 Å². The fourth-order valence-electron chi connectivity index (χ4n) is 2.41. The lowest BCUT2D eigenvalue weighted by molar-refractivity contribution is 0.204. The van der Waals surface area contributed by atoms with Crippen LogP contribution in [0.25, 0.3) is 0 Å². The number of likely N-dealkylation sites (N-methyl/N-ethyl adjacent to an activating group) is 1. The zero-order valence-corrected chi connectivity index (χ0v) is 11.8. The Morgan fingerprint density at radius 2 is 2.21 bits per heavy atom. The van der Waals surface area contributed by atoms with Crippen molar-refractivity contribution in [2.24, 2.45) is 10.7 Å². The Kier molecular flexibility index (Phi) is 3.66. The van der Waals surface area contributed by atoms with E-state index in [1.165, 1.54) is 0 Å². The van der Waals surface area contributed by atoms with Crippen LogP contribution >= 0.6 is 0 Å². The molecule has 0 fully saturated rings. The summed E-state index contributed by atoms with van der Waals surface area (Å²) in [6, 6.07) is 7.33. The number of aliphatic imine (C=N–C) groups is 1. The number of benzene rings is 1. The normalized spacial score (nSPS) is 22.9. The molecule has 3 N–H and O–H groups in total. The summed E-state index contributed by atoms with van der Waals surface area (Å²) in [6.45, 7) is 4.45. The van der Waals surface area contributed by atoms with Crippen molar-refractivity contribution in [1.82, 2.24) is 9.80 Å². The fraction of sp³-hybridized carbons (Fsp3) is 0.500. The molecule has 0 aromatic heterocycles. The molecule has 5 heteroatoms. The van der Waals surface area contributed by atoms with Gasteiger partial charge in [-0.15, -0.1) is 0 Å². The monoisotopic (exact) mass is 262 g/mol. The number of nitrogens with zero attached hydrogens (tertiary/aromatic N) is 3. The predicted octanol–water partition coefficient (Wildman–Crippen LogP) is 0.799. The van der Waals surface area contributed by atoms with Crippen molar-refractivity contribution in [2.75, 3.05) is 33.7 Å². The van der Waals surface area contributed by atoms with Crippen LogP contribution < -0.4 is 5.73 Å². The van der Waals surface area contributed by atoms with E-state index < -0.39 is 0 Å². The minimum Gasteiger partial charge on any atom is -0.508 e. The van der Waals surface area contributed by atoms with Crippen LogP contribution in [0.15, 0.2) is 29.3 Å². The quantitative estimate of drug-likeness (QED) is 0.842. The summed E-state index contributed by atoms with van der Waals surface area (Å²) in [5.41, 5.74) is 6.77. The molecule has 104 valence electrons. The van der Waals surface area contributed by atoms with Gasteiger partial charge >= 0.3 is 0 Å². The summed E-state index contributed by atoms with van der Waals surface area (Å²) >= 11 is 0. The Morgan fingerprint density at radius 3 is 2.84 bits per heavy atom. The van der Waals surface area contributed by atoms with Gasteiger partial charge in [-0.2, -0.15) is 0 Å². The molecule has 0 saturated carbocycles. The third-order valence-electron chi connectivity index (χ3n) is 3.66. The highest BCUT2D eigenvalue weighted by atomic mass is 16.3. The van der Waals surface area contributed by atoms with Gasteiger partial charge in [0.2, 0.25) is 0 Å². The fourth-order valence-corrected chi connectivity index (χ4v) is 2.41. The highest BCUT2D eigenvalue weighted by molar-refractivity contribution is 5.81. The maximum absolute atomic E-state index is 9.66. The first-order chi connectivity index (χ1) is 8.93. The molecular weight excluding hydrogens is 240 g/mol. The lowest BCUT2D eigenvalue weighted by Crippen LogP contribution is -2.49. The van der Waals surface area contributed by atoms with Gasteiger partial charge in [-0.1, -0.05) is 12.1 Å². The van der Waals surface area contributed by atoms with E-state index in [0.29, 0.717) is 12.5 Å². The summed E-state index contributed by atoms with van der Waals surface area (Å²) in [4.78, 5) is 8.61. The molecule has 1 aliphatic heterocycles. The van der Waals surface area contributed by atoms with E-state index in [0.717, 1.165) is 18.7 Å². The minimum absolute atomic E-state index is 0.275. The van der Waals surface area contributed by atoms with Crippen molar-refractivity contribution < 1.29 is 5.11 Å². The Morgan fingerprint density at radius 1 is 1.47 bits per heavy atom. The average molecular weight is 262 g/mol. The van der Waals surface area contributed by atoms with E-state index >= 15 is 0 Å². The van der Waals surface area contributed by atoms with Gasteiger partial charge in [0.15, 0.2) is 5.96 Å². The lowest BCUT2D eigenvalue weighted by Gasteiger charge is -2.37. The molecule has 1 aliphatic rings. The molecule has 0 aliphatic carbocycles. The van der Waals surface area contributed by atoms with Crippen molar-refractivity contribution in [3.05, 3.63) is 29.8 Å². The van der Waals surface area contributed by atoms with Crippen molar-refractivity contribution in [2.45, 2.75) is 12.5 Å². The van der Waals surface area contributed by atoms with Crippen LogP contribution in [0.2, 0.25) is 0 Å². The third kappa shape index (κ3) is 2.66. The highest BCUT2D eigenvalue weighted by Crippen LogP contribution is 2.33. The van der Waals surface area contributed by atoms with Crippen LogP contribution in [-0.2, 0) is 5.54 Å². The van der Waals surface area contributed by atoms with E-state index in [4.69, 9.17) is 5.73 Å². The molecule has 1 unspecified atom stereocenters. The van der Waals surface area contributed by atoms with Crippen LogP contribution in [-0.4, -0.2) is 54.6 Å². The van der Waals surface area contributed by atoms with Crippen LogP contribution in [0, 0.1) is 0 Å². The Hall–Kier alpha value is -1.75. The molecule has 0 radical (unpaired) electrons. The number of aromatic hydroxyl groups is 1. The molecular formula is C14H22N4O. The maximum Gasteiger partial charge on any atom is 0.192 e. The van der Waals surface area contributed by atoms with E-state index in [9.17, 15) is 5.11 Å². The SMILES string of the molecule is CN(C)CCN1C(N)=NCC1(C)c1cccc(O)c1. The van der Waals surface area contributed by atoms with E-state index in [1.54, 1.807) is 12.1 Å². The van der Waals surface area contributed by atoms with Crippen molar-refractivity contribution in [3.63, 3.8) is 0 Å². The molecule has 1 aromatic carbocycles. The molecule has 1 aromatic rings. The Balaban J connectivity index is 2.26. The molecule has 0 amide bonds. The van der Waals surface area contributed by atoms with E-state index in [-0.39, 0.29) is 11.3 Å². The lowest BCUT2D eigenvalue weighted by atomic mass is 9.91. The van der Waals surface area contributed by atoms with Gasteiger partial charge in [0, 0.05) is 13.1 Å². The average Bonchev–Trinajstić information content (AvgIpc) is 2.64. The largest absolute Gasteiger partial charge is 0.508 e. The topological polar surface area (TPSA) is 65.1 Å². The highest BCUT2D eigenvalue weighted by Gasteiger charge is 2.39. The number of phenols is 1. The number of rotatable bonds is 4. The van der Waals surface area contributed by atoms with Crippen molar-refractivity contribution in [3.8, 4) is 5.75 Å². The predicted molar refractivity (Wildman–Crippen MR) is 77.2 cm³/mol. The number of phenolic OH excluding ortho intramolecular Hbond substituents is 1. The second kappa shape index (κ2) is 5.09. The molecule has 0 spiro atoms. The first-order valence-corrected chi connectivity index (χ1v) is 6.45. The molecule has 1 heterocycles. The number of guanidine groups is 1.